The fraction of sp³-hybridized carbons (Fsp3) is 0.350. The van der Waals surface area contributed by atoms with E-state index in [2.05, 4.69) is 0 Å². The molecule has 0 amide bonds. The summed E-state index contributed by atoms with van der Waals surface area (Å²) in [6.45, 7) is 1.76. The van der Waals surface area contributed by atoms with Crippen LogP contribution in [0, 0.1) is 0 Å². The zero-order valence-corrected chi connectivity index (χ0v) is 17.3. The Kier molecular flexibility index (Phi) is 5.80. The van der Waals surface area contributed by atoms with Crippen LogP contribution < -0.4 is 15.2 Å². The molecule has 1 aromatic heterocycles. The normalized spacial score (nSPS) is 15.4. The van der Waals surface area contributed by atoms with Crippen molar-refractivity contribution in [1.82, 2.24) is 8.87 Å². The molecule has 1 aliphatic heterocycles. The van der Waals surface area contributed by atoms with Crippen molar-refractivity contribution in [3.8, 4) is 11.5 Å². The highest BCUT2D eigenvalue weighted by atomic mass is 32.2. The number of fused-ring (bicyclic) bond motifs is 1. The molecule has 3 aromatic rings. The first-order valence-corrected chi connectivity index (χ1v) is 10.9. The zero-order valence-electron chi connectivity index (χ0n) is 16.4. The Hall–Kier alpha value is -2.82. The van der Waals surface area contributed by atoms with Gasteiger partial charge in [-0.05, 0) is 24.3 Å². The lowest BCUT2D eigenvalue weighted by Gasteiger charge is -2.25. The zero-order chi connectivity index (χ0) is 21.1. The van der Waals surface area contributed by atoms with Gasteiger partial charge in [-0.25, -0.2) is 13.2 Å². The van der Waals surface area contributed by atoms with E-state index in [1.807, 2.05) is 12.1 Å². The molecule has 0 unspecified atom stereocenters. The maximum absolute atomic E-state index is 12.8. The van der Waals surface area contributed by atoms with Crippen LogP contribution in [0.2, 0.25) is 0 Å². The maximum Gasteiger partial charge on any atom is 0.420 e. The first-order chi connectivity index (χ1) is 14.5. The Morgan fingerprint density at radius 1 is 1.07 bits per heavy atom. The predicted molar refractivity (Wildman–Crippen MR) is 109 cm³/mol. The van der Waals surface area contributed by atoms with E-state index in [1.165, 1.54) is 21.0 Å². The van der Waals surface area contributed by atoms with Gasteiger partial charge in [-0.1, -0.05) is 12.1 Å². The lowest BCUT2D eigenvalue weighted by molar-refractivity contribution is 0.0730. The van der Waals surface area contributed by atoms with Crippen molar-refractivity contribution < 1.29 is 27.0 Å². The van der Waals surface area contributed by atoms with Crippen LogP contribution in [0.4, 0.5) is 0 Å². The number of oxazole rings is 1. The average molecular weight is 434 g/mol. The number of aromatic nitrogens is 1. The molecule has 0 atom stereocenters. The Morgan fingerprint density at radius 2 is 1.80 bits per heavy atom. The Labute approximate surface area is 173 Å². The molecular weight excluding hydrogens is 412 g/mol. The van der Waals surface area contributed by atoms with Gasteiger partial charge in [0.15, 0.2) is 17.1 Å². The first-order valence-electron chi connectivity index (χ1n) is 9.48. The monoisotopic (exact) mass is 434 g/mol. The van der Waals surface area contributed by atoms with Crippen LogP contribution in [0.5, 0.6) is 11.5 Å². The third-order valence-electron chi connectivity index (χ3n) is 4.89. The molecule has 1 fully saturated rings. The summed E-state index contributed by atoms with van der Waals surface area (Å²) < 4.78 is 49.9. The van der Waals surface area contributed by atoms with Gasteiger partial charge >= 0.3 is 5.76 Å². The largest absolute Gasteiger partial charge is 0.493 e. The molecule has 4 rings (SSSR count). The van der Waals surface area contributed by atoms with Crippen molar-refractivity contribution in [3.63, 3.8) is 0 Å². The molecule has 30 heavy (non-hydrogen) atoms. The minimum absolute atomic E-state index is 0.0862. The number of sulfonamides is 1. The summed E-state index contributed by atoms with van der Waals surface area (Å²) >= 11 is 0. The fourth-order valence-corrected chi connectivity index (χ4v) is 4.76. The first kappa shape index (κ1) is 20.5. The summed E-state index contributed by atoms with van der Waals surface area (Å²) in [6.07, 6.45) is 0. The van der Waals surface area contributed by atoms with Crippen molar-refractivity contribution in [2.75, 3.05) is 40.0 Å². The second-order valence-corrected chi connectivity index (χ2v) is 8.60. The van der Waals surface area contributed by atoms with Crippen LogP contribution in [0.1, 0.15) is 0 Å². The second kappa shape index (κ2) is 8.50. The Balaban J connectivity index is 1.54. The van der Waals surface area contributed by atoms with Crippen LogP contribution in [-0.4, -0.2) is 57.3 Å². The van der Waals surface area contributed by atoms with Gasteiger partial charge in [-0.15, -0.1) is 0 Å². The van der Waals surface area contributed by atoms with Gasteiger partial charge in [0, 0.05) is 19.2 Å². The SMILES string of the molecule is COc1ccccc1OCCn1c(=O)oc2cc(S(=O)(=O)N3CCOCC3)ccc21. The van der Waals surface area contributed by atoms with Gasteiger partial charge in [0.1, 0.15) is 6.61 Å². The molecule has 2 aromatic carbocycles. The van der Waals surface area contributed by atoms with Gasteiger partial charge in [0.2, 0.25) is 10.0 Å². The molecular formula is C20H22N2O7S. The number of rotatable bonds is 7. The molecule has 0 radical (unpaired) electrons. The second-order valence-electron chi connectivity index (χ2n) is 6.66. The third-order valence-corrected chi connectivity index (χ3v) is 6.78. The van der Waals surface area contributed by atoms with Crippen LogP contribution in [-0.2, 0) is 21.3 Å². The third kappa shape index (κ3) is 3.93. The summed E-state index contributed by atoms with van der Waals surface area (Å²) in [5, 5.41) is 0. The van der Waals surface area contributed by atoms with E-state index in [4.69, 9.17) is 18.6 Å². The molecule has 0 saturated carbocycles. The van der Waals surface area contributed by atoms with Crippen LogP contribution >= 0.6 is 0 Å². The summed E-state index contributed by atoms with van der Waals surface area (Å²) in [4.78, 5) is 12.4. The standard InChI is InChI=1S/C20H22N2O7S/c1-26-17-4-2-3-5-18(17)28-13-10-22-16-7-6-15(14-19(16)29-20(22)23)30(24,25)21-8-11-27-12-9-21/h2-7,14H,8-13H2,1H3. The van der Waals surface area contributed by atoms with E-state index in [9.17, 15) is 13.2 Å². The summed E-state index contributed by atoms with van der Waals surface area (Å²) in [5.74, 6) is 0.592. The molecule has 0 N–H and O–H groups in total. The van der Waals surface area contributed by atoms with Gasteiger partial charge < -0.3 is 18.6 Å². The fourth-order valence-electron chi connectivity index (χ4n) is 3.34. The molecule has 0 aliphatic carbocycles. The van der Waals surface area contributed by atoms with Crippen LogP contribution in [0.25, 0.3) is 11.1 Å². The lowest BCUT2D eigenvalue weighted by Crippen LogP contribution is -2.40. The van der Waals surface area contributed by atoms with Gasteiger partial charge in [0.05, 0.1) is 37.3 Å². The quantitative estimate of drug-likeness (QED) is 0.558. The van der Waals surface area contributed by atoms with Crippen molar-refractivity contribution in [1.29, 1.82) is 0 Å². The topological polar surface area (TPSA) is 100 Å². The minimum Gasteiger partial charge on any atom is -0.493 e. The van der Waals surface area contributed by atoms with E-state index < -0.39 is 15.8 Å². The molecule has 1 saturated heterocycles. The number of methoxy groups -OCH3 is 1. The summed E-state index contributed by atoms with van der Waals surface area (Å²) in [7, 11) is -2.12. The number of ether oxygens (including phenoxy) is 3. The molecule has 2 heterocycles. The summed E-state index contributed by atoms with van der Waals surface area (Å²) in [6, 6.07) is 11.7. The number of para-hydroxylation sites is 2. The summed E-state index contributed by atoms with van der Waals surface area (Å²) in [5.41, 5.74) is 0.719. The Morgan fingerprint density at radius 3 is 2.53 bits per heavy atom. The van der Waals surface area contributed by atoms with Crippen molar-refractivity contribution >= 4 is 21.1 Å². The number of benzene rings is 2. The molecule has 0 bridgehead atoms. The van der Waals surface area contributed by atoms with Crippen molar-refractivity contribution in [3.05, 3.63) is 53.0 Å². The van der Waals surface area contributed by atoms with Crippen molar-refractivity contribution in [2.45, 2.75) is 11.4 Å². The van der Waals surface area contributed by atoms with Crippen LogP contribution in [0.3, 0.4) is 0 Å². The highest BCUT2D eigenvalue weighted by molar-refractivity contribution is 7.89. The molecule has 10 heteroatoms. The predicted octanol–water partition coefficient (Wildman–Crippen LogP) is 1.70. The number of hydrogen-bond donors (Lipinski definition) is 0. The molecule has 9 nitrogen and oxygen atoms in total. The molecule has 160 valence electrons. The van der Waals surface area contributed by atoms with E-state index >= 15 is 0 Å². The van der Waals surface area contributed by atoms with E-state index in [0.717, 1.165) is 0 Å². The highest BCUT2D eigenvalue weighted by Gasteiger charge is 2.27. The highest BCUT2D eigenvalue weighted by Crippen LogP contribution is 2.26. The van der Waals surface area contributed by atoms with E-state index in [1.54, 1.807) is 25.3 Å². The van der Waals surface area contributed by atoms with Crippen molar-refractivity contribution in [2.24, 2.45) is 0 Å². The van der Waals surface area contributed by atoms with E-state index in [0.29, 0.717) is 43.3 Å². The van der Waals surface area contributed by atoms with Gasteiger partial charge in [0.25, 0.3) is 0 Å². The van der Waals surface area contributed by atoms with Gasteiger partial charge in [-0.2, -0.15) is 4.31 Å². The molecule has 0 spiro atoms. The lowest BCUT2D eigenvalue weighted by atomic mass is 10.3. The number of nitrogens with zero attached hydrogens (tertiary/aromatic N) is 2. The average Bonchev–Trinajstić information content (AvgIpc) is 3.09. The van der Waals surface area contributed by atoms with Crippen LogP contribution in [0.15, 0.2) is 56.6 Å². The van der Waals surface area contributed by atoms with Gasteiger partial charge in [-0.3, -0.25) is 4.57 Å². The minimum atomic E-state index is -3.67. The smallest absolute Gasteiger partial charge is 0.420 e. The number of morpholine rings is 1. The molecule has 1 aliphatic rings. The maximum atomic E-state index is 12.8. The van der Waals surface area contributed by atoms with E-state index in [-0.39, 0.29) is 23.6 Å². The Bertz CT molecular complexity index is 1190. The number of hydrogen-bond acceptors (Lipinski definition) is 7.